The molecular weight excluding hydrogens is 387 g/mol. The molecule has 2 heterocycles. The Hall–Kier alpha value is -3.32. The quantitative estimate of drug-likeness (QED) is 0.504. The highest BCUT2D eigenvalue weighted by Crippen LogP contribution is 2.24. The van der Waals surface area contributed by atoms with Crippen LogP contribution in [0.3, 0.4) is 0 Å². The summed E-state index contributed by atoms with van der Waals surface area (Å²) >= 11 is 1.45. The molecular formula is C22H19FN4OS. The summed E-state index contributed by atoms with van der Waals surface area (Å²) in [6, 6.07) is 16.1. The Morgan fingerprint density at radius 3 is 2.62 bits per heavy atom. The summed E-state index contributed by atoms with van der Waals surface area (Å²) in [6.07, 6.45) is 3.87. The summed E-state index contributed by atoms with van der Waals surface area (Å²) < 4.78 is 14.9. The molecule has 0 aliphatic rings. The fourth-order valence-corrected chi connectivity index (χ4v) is 3.81. The molecule has 29 heavy (non-hydrogen) atoms. The number of nitrogens with one attached hydrogen (secondary N) is 1. The molecule has 0 spiro atoms. The van der Waals surface area contributed by atoms with Gasteiger partial charge in [-0.1, -0.05) is 24.3 Å². The number of hydrogen-bond donors (Lipinski definition) is 1. The summed E-state index contributed by atoms with van der Waals surface area (Å²) in [5.41, 5.74) is 3.72. The van der Waals surface area contributed by atoms with E-state index in [1.54, 1.807) is 18.3 Å². The third-order valence-electron chi connectivity index (χ3n) is 4.47. The number of carbonyl (C=O) groups excluding carboxylic acids is 1. The first-order valence-electron chi connectivity index (χ1n) is 9.18. The molecule has 0 aliphatic heterocycles. The van der Waals surface area contributed by atoms with Crippen LogP contribution in [0.1, 0.15) is 16.8 Å². The van der Waals surface area contributed by atoms with E-state index in [-0.39, 0.29) is 18.1 Å². The van der Waals surface area contributed by atoms with Gasteiger partial charge in [0.2, 0.25) is 5.91 Å². The Labute approximate surface area is 171 Å². The van der Waals surface area contributed by atoms with Crippen LogP contribution in [-0.4, -0.2) is 20.7 Å². The Balaban J connectivity index is 1.36. The summed E-state index contributed by atoms with van der Waals surface area (Å²) in [5.74, 6) is -0.368. The molecule has 146 valence electrons. The summed E-state index contributed by atoms with van der Waals surface area (Å²) in [4.78, 5) is 16.9. The van der Waals surface area contributed by atoms with Crippen LogP contribution in [0.15, 0.2) is 72.4 Å². The standard InChI is InChI=1S/C22H19FN4OS/c23-19-8-6-16(7-9-19)22-26-20(15-29-22)12-21(28)24-13-17-4-1-2-5-18(17)14-27-11-3-10-25-27/h1-11,15H,12-14H2,(H,24,28). The van der Waals surface area contributed by atoms with Crippen molar-refractivity contribution in [1.29, 1.82) is 0 Å². The van der Waals surface area contributed by atoms with E-state index in [4.69, 9.17) is 0 Å². The van der Waals surface area contributed by atoms with Gasteiger partial charge in [-0.2, -0.15) is 5.10 Å². The Morgan fingerprint density at radius 1 is 1.07 bits per heavy atom. The second-order valence-electron chi connectivity index (χ2n) is 6.58. The molecule has 0 aliphatic carbocycles. The van der Waals surface area contributed by atoms with Crippen LogP contribution in [0.4, 0.5) is 4.39 Å². The minimum atomic E-state index is -0.280. The molecule has 1 N–H and O–H groups in total. The van der Waals surface area contributed by atoms with E-state index in [2.05, 4.69) is 15.4 Å². The van der Waals surface area contributed by atoms with E-state index in [0.29, 0.717) is 18.8 Å². The van der Waals surface area contributed by atoms with Gasteiger partial charge in [0, 0.05) is 29.9 Å². The van der Waals surface area contributed by atoms with Crippen molar-refractivity contribution in [1.82, 2.24) is 20.1 Å². The van der Waals surface area contributed by atoms with Gasteiger partial charge in [0.1, 0.15) is 10.8 Å². The molecule has 1 amide bonds. The van der Waals surface area contributed by atoms with Crippen LogP contribution in [-0.2, 0) is 24.3 Å². The normalized spacial score (nSPS) is 10.8. The SMILES string of the molecule is O=C(Cc1csc(-c2ccc(F)cc2)n1)NCc1ccccc1Cn1cccn1. The lowest BCUT2D eigenvalue weighted by Crippen LogP contribution is -2.25. The molecule has 4 aromatic rings. The Morgan fingerprint density at radius 2 is 1.86 bits per heavy atom. The fraction of sp³-hybridized carbons (Fsp3) is 0.136. The molecule has 7 heteroatoms. The van der Waals surface area contributed by atoms with Gasteiger partial charge in [-0.3, -0.25) is 9.48 Å². The third-order valence-corrected chi connectivity index (χ3v) is 5.41. The molecule has 5 nitrogen and oxygen atoms in total. The van der Waals surface area contributed by atoms with E-state index >= 15 is 0 Å². The van der Waals surface area contributed by atoms with Crippen molar-refractivity contribution in [2.75, 3.05) is 0 Å². The zero-order chi connectivity index (χ0) is 20.1. The van der Waals surface area contributed by atoms with Gasteiger partial charge in [0.25, 0.3) is 0 Å². The lowest BCUT2D eigenvalue weighted by atomic mass is 10.1. The molecule has 4 rings (SSSR count). The number of benzene rings is 2. The van der Waals surface area contributed by atoms with Gasteiger partial charge in [0.15, 0.2) is 0 Å². The fourth-order valence-electron chi connectivity index (χ4n) is 2.99. The number of amides is 1. The first-order valence-corrected chi connectivity index (χ1v) is 10.1. The number of rotatable bonds is 7. The Bertz CT molecular complexity index is 1090. The number of nitrogens with zero attached hydrogens (tertiary/aromatic N) is 3. The molecule has 0 bridgehead atoms. The van der Waals surface area contributed by atoms with E-state index in [1.165, 1.54) is 23.5 Å². The maximum absolute atomic E-state index is 13.1. The van der Waals surface area contributed by atoms with Crippen molar-refractivity contribution in [3.63, 3.8) is 0 Å². The number of thiazole rings is 1. The second kappa shape index (κ2) is 8.79. The van der Waals surface area contributed by atoms with Crippen molar-refractivity contribution in [3.05, 3.63) is 95.0 Å². The van der Waals surface area contributed by atoms with Gasteiger partial charge in [-0.15, -0.1) is 11.3 Å². The molecule has 0 atom stereocenters. The predicted molar refractivity (Wildman–Crippen MR) is 111 cm³/mol. The summed E-state index contributed by atoms with van der Waals surface area (Å²) in [5, 5.41) is 9.85. The average molecular weight is 406 g/mol. The smallest absolute Gasteiger partial charge is 0.226 e. The molecule has 0 fully saturated rings. The minimum absolute atomic E-state index is 0.0881. The number of carbonyl (C=O) groups is 1. The summed E-state index contributed by atoms with van der Waals surface area (Å²) in [7, 11) is 0. The molecule has 2 aromatic carbocycles. The maximum Gasteiger partial charge on any atom is 0.226 e. The highest BCUT2D eigenvalue weighted by atomic mass is 32.1. The maximum atomic E-state index is 13.1. The highest BCUT2D eigenvalue weighted by molar-refractivity contribution is 7.13. The van der Waals surface area contributed by atoms with Crippen LogP contribution >= 0.6 is 11.3 Å². The van der Waals surface area contributed by atoms with Crippen LogP contribution in [0.2, 0.25) is 0 Å². The number of halogens is 1. The van der Waals surface area contributed by atoms with Crippen molar-refractivity contribution in [2.24, 2.45) is 0 Å². The highest BCUT2D eigenvalue weighted by Gasteiger charge is 2.10. The van der Waals surface area contributed by atoms with E-state index in [1.807, 2.05) is 46.6 Å². The third kappa shape index (κ3) is 4.94. The van der Waals surface area contributed by atoms with Crippen LogP contribution in [0.25, 0.3) is 10.6 Å². The first kappa shape index (κ1) is 19.0. The minimum Gasteiger partial charge on any atom is -0.352 e. The van der Waals surface area contributed by atoms with Gasteiger partial charge >= 0.3 is 0 Å². The van der Waals surface area contributed by atoms with Gasteiger partial charge < -0.3 is 5.32 Å². The largest absolute Gasteiger partial charge is 0.352 e. The zero-order valence-corrected chi connectivity index (χ0v) is 16.4. The summed E-state index contributed by atoms with van der Waals surface area (Å²) in [6.45, 7) is 1.11. The Kier molecular flexibility index (Phi) is 5.76. The van der Waals surface area contributed by atoms with Crippen LogP contribution in [0, 0.1) is 5.82 Å². The molecule has 0 unspecified atom stereocenters. The van der Waals surface area contributed by atoms with Gasteiger partial charge in [-0.25, -0.2) is 9.37 Å². The number of hydrogen-bond acceptors (Lipinski definition) is 4. The molecule has 0 saturated carbocycles. The van der Waals surface area contributed by atoms with Gasteiger partial charge in [0.05, 0.1) is 18.7 Å². The second-order valence-corrected chi connectivity index (χ2v) is 7.43. The van der Waals surface area contributed by atoms with Crippen molar-refractivity contribution >= 4 is 17.2 Å². The van der Waals surface area contributed by atoms with E-state index in [9.17, 15) is 9.18 Å². The van der Waals surface area contributed by atoms with E-state index < -0.39 is 0 Å². The van der Waals surface area contributed by atoms with Gasteiger partial charge in [-0.05, 0) is 41.5 Å². The lowest BCUT2D eigenvalue weighted by Gasteiger charge is -2.10. The topological polar surface area (TPSA) is 59.8 Å². The van der Waals surface area contributed by atoms with Crippen molar-refractivity contribution in [2.45, 2.75) is 19.5 Å². The predicted octanol–water partition coefficient (Wildman–Crippen LogP) is 4.05. The lowest BCUT2D eigenvalue weighted by molar-refractivity contribution is -0.120. The van der Waals surface area contributed by atoms with Crippen molar-refractivity contribution in [3.8, 4) is 10.6 Å². The van der Waals surface area contributed by atoms with Crippen LogP contribution < -0.4 is 5.32 Å². The first-order chi connectivity index (χ1) is 14.2. The van der Waals surface area contributed by atoms with Crippen molar-refractivity contribution < 1.29 is 9.18 Å². The molecule has 2 aromatic heterocycles. The zero-order valence-electron chi connectivity index (χ0n) is 15.6. The number of aromatic nitrogens is 3. The molecule has 0 radical (unpaired) electrons. The van der Waals surface area contributed by atoms with E-state index in [0.717, 1.165) is 21.7 Å². The monoisotopic (exact) mass is 406 g/mol. The molecule has 0 saturated heterocycles. The average Bonchev–Trinajstić information content (AvgIpc) is 3.40. The van der Waals surface area contributed by atoms with Crippen LogP contribution in [0.5, 0.6) is 0 Å².